The SMILES string of the molecule is Nc1nnc(-c2cccc(-c3nc(-c4ccc(Cl)cc4)cs3)c2)o1. The number of anilines is 1. The third kappa shape index (κ3) is 2.89. The molecule has 0 spiro atoms. The standard InChI is InChI=1S/C17H11ClN4OS/c18-13-6-4-10(5-7-13)14-9-24-16(20-14)12-3-1-2-11(8-12)15-21-22-17(19)23-15/h1-9H,(H2,19,22). The molecule has 5 nitrogen and oxygen atoms in total. The van der Waals surface area contributed by atoms with Crippen LogP contribution in [0.1, 0.15) is 0 Å². The molecule has 2 heterocycles. The molecule has 0 amide bonds. The zero-order valence-electron chi connectivity index (χ0n) is 12.3. The van der Waals surface area contributed by atoms with Gasteiger partial charge in [0.1, 0.15) is 5.01 Å². The van der Waals surface area contributed by atoms with Gasteiger partial charge in [0.05, 0.1) is 5.69 Å². The number of rotatable bonds is 3. The highest BCUT2D eigenvalue weighted by Crippen LogP contribution is 2.31. The van der Waals surface area contributed by atoms with Crippen LogP contribution in [0.3, 0.4) is 0 Å². The van der Waals surface area contributed by atoms with Gasteiger partial charge in [-0.3, -0.25) is 0 Å². The lowest BCUT2D eigenvalue weighted by Gasteiger charge is -2.00. The molecule has 7 heteroatoms. The van der Waals surface area contributed by atoms with Crippen LogP contribution >= 0.6 is 22.9 Å². The highest BCUT2D eigenvalue weighted by molar-refractivity contribution is 7.13. The van der Waals surface area contributed by atoms with E-state index in [0.29, 0.717) is 10.9 Å². The molecule has 0 bridgehead atoms. The summed E-state index contributed by atoms with van der Waals surface area (Å²) in [6.45, 7) is 0. The molecule has 0 saturated heterocycles. The van der Waals surface area contributed by atoms with Crippen LogP contribution in [0.4, 0.5) is 6.01 Å². The van der Waals surface area contributed by atoms with Gasteiger partial charge in [-0.25, -0.2) is 4.98 Å². The van der Waals surface area contributed by atoms with Crippen molar-refractivity contribution in [3.05, 3.63) is 58.9 Å². The Bertz CT molecular complexity index is 994. The lowest BCUT2D eigenvalue weighted by molar-refractivity contribution is 0.590. The summed E-state index contributed by atoms with van der Waals surface area (Å²) in [6, 6.07) is 15.4. The number of nitrogens with zero attached hydrogens (tertiary/aromatic N) is 3. The van der Waals surface area contributed by atoms with E-state index in [1.54, 1.807) is 11.3 Å². The first kappa shape index (κ1) is 14.9. The van der Waals surface area contributed by atoms with Gasteiger partial charge in [-0.05, 0) is 24.3 Å². The van der Waals surface area contributed by atoms with Crippen LogP contribution in [-0.2, 0) is 0 Å². The molecule has 0 radical (unpaired) electrons. The number of hydrogen-bond donors (Lipinski definition) is 1. The fraction of sp³-hybridized carbons (Fsp3) is 0. The quantitative estimate of drug-likeness (QED) is 0.573. The molecule has 2 N–H and O–H groups in total. The number of hydrogen-bond acceptors (Lipinski definition) is 6. The second-order valence-corrected chi connectivity index (χ2v) is 6.37. The van der Waals surface area contributed by atoms with E-state index in [9.17, 15) is 0 Å². The molecule has 0 fully saturated rings. The predicted octanol–water partition coefficient (Wildman–Crippen LogP) is 4.76. The van der Waals surface area contributed by atoms with Crippen molar-refractivity contribution in [1.82, 2.24) is 15.2 Å². The second kappa shape index (κ2) is 6.07. The highest BCUT2D eigenvalue weighted by atomic mass is 35.5. The van der Waals surface area contributed by atoms with E-state index in [4.69, 9.17) is 26.7 Å². The van der Waals surface area contributed by atoms with Crippen LogP contribution in [0.5, 0.6) is 0 Å². The molecule has 4 aromatic rings. The van der Waals surface area contributed by atoms with E-state index in [1.807, 2.05) is 53.9 Å². The van der Waals surface area contributed by atoms with Crippen LogP contribution in [0, 0.1) is 0 Å². The molecule has 2 aromatic carbocycles. The number of nitrogen functional groups attached to an aromatic ring is 1. The maximum absolute atomic E-state index is 5.93. The number of nitrogens with two attached hydrogens (primary N) is 1. The van der Waals surface area contributed by atoms with E-state index in [2.05, 4.69) is 10.2 Å². The number of aromatic nitrogens is 3. The molecule has 0 aliphatic heterocycles. The summed E-state index contributed by atoms with van der Waals surface area (Å²) in [7, 11) is 0. The first-order valence-electron chi connectivity index (χ1n) is 7.10. The Balaban J connectivity index is 1.68. The maximum atomic E-state index is 5.93. The average molecular weight is 355 g/mol. The number of thiazole rings is 1. The van der Waals surface area contributed by atoms with Gasteiger partial charge in [-0.2, -0.15) is 0 Å². The van der Waals surface area contributed by atoms with Gasteiger partial charge in [0, 0.05) is 27.1 Å². The maximum Gasteiger partial charge on any atom is 0.313 e. The van der Waals surface area contributed by atoms with Crippen LogP contribution in [0.15, 0.2) is 58.3 Å². The normalized spacial score (nSPS) is 10.9. The van der Waals surface area contributed by atoms with Crippen molar-refractivity contribution >= 4 is 29.0 Å². The minimum absolute atomic E-state index is 0.0506. The smallest absolute Gasteiger partial charge is 0.313 e. The predicted molar refractivity (Wildman–Crippen MR) is 95.7 cm³/mol. The molecule has 0 aliphatic rings. The van der Waals surface area contributed by atoms with Crippen molar-refractivity contribution in [3.8, 4) is 33.3 Å². The molecule has 118 valence electrons. The zero-order chi connectivity index (χ0) is 16.5. The molecular formula is C17H11ClN4OS. The van der Waals surface area contributed by atoms with Crippen LogP contribution in [0.2, 0.25) is 5.02 Å². The van der Waals surface area contributed by atoms with Gasteiger partial charge in [0.15, 0.2) is 0 Å². The molecular weight excluding hydrogens is 344 g/mol. The highest BCUT2D eigenvalue weighted by Gasteiger charge is 2.10. The molecule has 24 heavy (non-hydrogen) atoms. The Morgan fingerprint density at radius 3 is 2.50 bits per heavy atom. The third-order valence-corrected chi connectivity index (χ3v) is 4.58. The van der Waals surface area contributed by atoms with E-state index in [-0.39, 0.29) is 6.01 Å². The van der Waals surface area contributed by atoms with Crippen molar-refractivity contribution in [2.24, 2.45) is 0 Å². The summed E-state index contributed by atoms with van der Waals surface area (Å²) in [5, 5.41) is 11.2. The summed E-state index contributed by atoms with van der Waals surface area (Å²) < 4.78 is 5.27. The van der Waals surface area contributed by atoms with Crippen molar-refractivity contribution in [1.29, 1.82) is 0 Å². The van der Waals surface area contributed by atoms with Gasteiger partial charge in [-0.1, -0.05) is 41.0 Å². The lowest BCUT2D eigenvalue weighted by Crippen LogP contribution is -1.82. The number of benzene rings is 2. The van der Waals surface area contributed by atoms with Gasteiger partial charge >= 0.3 is 6.01 Å². The third-order valence-electron chi connectivity index (χ3n) is 3.44. The Morgan fingerprint density at radius 2 is 1.75 bits per heavy atom. The van der Waals surface area contributed by atoms with Crippen molar-refractivity contribution in [2.45, 2.75) is 0 Å². The Morgan fingerprint density at radius 1 is 0.958 bits per heavy atom. The molecule has 4 rings (SSSR count). The van der Waals surface area contributed by atoms with Crippen molar-refractivity contribution < 1.29 is 4.42 Å². The molecule has 0 atom stereocenters. The zero-order valence-corrected chi connectivity index (χ0v) is 13.9. The average Bonchev–Trinajstić information content (AvgIpc) is 3.25. The minimum atomic E-state index is 0.0506. The summed E-state index contributed by atoms with van der Waals surface area (Å²) in [6.07, 6.45) is 0. The topological polar surface area (TPSA) is 77.8 Å². The molecule has 0 aliphatic carbocycles. The van der Waals surface area contributed by atoms with Gasteiger partial charge in [-0.15, -0.1) is 16.4 Å². The summed E-state index contributed by atoms with van der Waals surface area (Å²) in [5.74, 6) is 0.392. The number of halogens is 1. The lowest BCUT2D eigenvalue weighted by atomic mass is 10.1. The minimum Gasteiger partial charge on any atom is -0.404 e. The second-order valence-electron chi connectivity index (χ2n) is 5.07. The van der Waals surface area contributed by atoms with Gasteiger partial charge in [0.25, 0.3) is 0 Å². The monoisotopic (exact) mass is 354 g/mol. The largest absolute Gasteiger partial charge is 0.404 e. The molecule has 0 saturated carbocycles. The van der Waals surface area contributed by atoms with Gasteiger partial charge < -0.3 is 10.2 Å². The first-order chi connectivity index (χ1) is 11.7. The Hall–Kier alpha value is -2.70. The van der Waals surface area contributed by atoms with Crippen LogP contribution in [0.25, 0.3) is 33.3 Å². The van der Waals surface area contributed by atoms with Gasteiger partial charge in [0.2, 0.25) is 5.89 Å². The van der Waals surface area contributed by atoms with Crippen LogP contribution in [-0.4, -0.2) is 15.2 Å². The Kier molecular flexibility index (Phi) is 3.76. The summed E-state index contributed by atoms with van der Waals surface area (Å²) in [5.41, 5.74) is 9.22. The molecule has 0 unspecified atom stereocenters. The van der Waals surface area contributed by atoms with Crippen molar-refractivity contribution in [3.63, 3.8) is 0 Å². The molecule has 2 aromatic heterocycles. The fourth-order valence-electron chi connectivity index (χ4n) is 2.30. The van der Waals surface area contributed by atoms with Crippen molar-refractivity contribution in [2.75, 3.05) is 5.73 Å². The van der Waals surface area contributed by atoms with E-state index in [0.717, 1.165) is 27.4 Å². The first-order valence-corrected chi connectivity index (χ1v) is 8.36. The van der Waals surface area contributed by atoms with E-state index >= 15 is 0 Å². The van der Waals surface area contributed by atoms with Crippen LogP contribution < -0.4 is 5.73 Å². The van der Waals surface area contributed by atoms with E-state index < -0.39 is 0 Å². The summed E-state index contributed by atoms with van der Waals surface area (Å²) >= 11 is 7.51. The van der Waals surface area contributed by atoms with E-state index in [1.165, 1.54) is 0 Å². The fourth-order valence-corrected chi connectivity index (χ4v) is 3.25. The Labute approximate surface area is 146 Å². The summed E-state index contributed by atoms with van der Waals surface area (Å²) in [4.78, 5) is 4.70.